The monoisotopic (exact) mass is 182 g/mol. The number of aryl methyl sites for hydroxylation is 1. The van der Waals surface area contributed by atoms with E-state index < -0.39 is 6.10 Å². The Morgan fingerprint density at radius 1 is 1.62 bits per heavy atom. The van der Waals surface area contributed by atoms with Crippen LogP contribution in [0.5, 0.6) is 0 Å². The molecule has 0 spiro atoms. The average Bonchev–Trinajstić information content (AvgIpc) is 2.06. The molecule has 0 radical (unpaired) electrons. The highest BCUT2D eigenvalue weighted by molar-refractivity contribution is 5.33. The van der Waals surface area contributed by atoms with Crippen LogP contribution in [0.1, 0.15) is 13.3 Å². The maximum absolute atomic E-state index is 11.2. The fourth-order valence-corrected chi connectivity index (χ4v) is 1.05. The Labute approximate surface area is 76.6 Å². The number of anilines is 1. The van der Waals surface area contributed by atoms with Crippen molar-refractivity contribution in [2.24, 2.45) is 0 Å². The van der Waals surface area contributed by atoms with E-state index in [0.717, 1.165) is 0 Å². The topological polar surface area (TPSA) is 68.2 Å². The molecule has 1 heterocycles. The standard InChI is InChI=1S/C9H14N2O2/c1-7(12)4-5-11-6-8(10)2-3-9(11)13/h2-3,6-7,12H,4-5,10H2,1H3. The molecule has 4 heteroatoms. The summed E-state index contributed by atoms with van der Waals surface area (Å²) < 4.78 is 1.50. The summed E-state index contributed by atoms with van der Waals surface area (Å²) in [5, 5.41) is 9.03. The number of nitrogens with two attached hydrogens (primary N) is 1. The molecule has 0 bridgehead atoms. The molecule has 0 aromatic carbocycles. The van der Waals surface area contributed by atoms with Crippen molar-refractivity contribution in [3.05, 3.63) is 28.7 Å². The van der Waals surface area contributed by atoms with Crippen LogP contribution in [0.15, 0.2) is 23.1 Å². The lowest BCUT2D eigenvalue weighted by atomic mass is 10.3. The molecule has 0 aliphatic heterocycles. The third kappa shape index (κ3) is 2.91. The summed E-state index contributed by atoms with van der Waals surface area (Å²) in [6, 6.07) is 3.00. The number of pyridine rings is 1. The van der Waals surface area contributed by atoms with Crippen LogP contribution in [0.2, 0.25) is 0 Å². The second-order valence-corrected chi connectivity index (χ2v) is 3.13. The molecule has 4 nitrogen and oxygen atoms in total. The predicted molar refractivity (Wildman–Crippen MR) is 51.4 cm³/mol. The van der Waals surface area contributed by atoms with Gasteiger partial charge < -0.3 is 15.4 Å². The second kappa shape index (κ2) is 4.09. The molecule has 1 unspecified atom stereocenters. The second-order valence-electron chi connectivity index (χ2n) is 3.13. The van der Waals surface area contributed by atoms with Gasteiger partial charge in [0.05, 0.1) is 6.10 Å². The van der Waals surface area contributed by atoms with Crippen molar-refractivity contribution in [1.29, 1.82) is 0 Å². The Kier molecular flexibility index (Phi) is 3.08. The van der Waals surface area contributed by atoms with E-state index in [4.69, 9.17) is 10.8 Å². The molecule has 1 rings (SSSR count). The van der Waals surface area contributed by atoms with Crippen LogP contribution in [0.25, 0.3) is 0 Å². The highest BCUT2D eigenvalue weighted by Gasteiger charge is 1.99. The fourth-order valence-electron chi connectivity index (χ4n) is 1.05. The Bertz CT molecular complexity index is 331. The van der Waals surface area contributed by atoms with Gasteiger partial charge in [0, 0.05) is 24.5 Å². The fraction of sp³-hybridized carbons (Fsp3) is 0.444. The van der Waals surface area contributed by atoms with Crippen LogP contribution < -0.4 is 11.3 Å². The van der Waals surface area contributed by atoms with Crippen LogP contribution in [0.3, 0.4) is 0 Å². The number of nitrogen functional groups attached to an aromatic ring is 1. The summed E-state index contributed by atoms with van der Waals surface area (Å²) in [5.41, 5.74) is 5.98. The molecule has 0 aliphatic rings. The smallest absolute Gasteiger partial charge is 0.250 e. The van der Waals surface area contributed by atoms with Gasteiger partial charge >= 0.3 is 0 Å². The van der Waals surface area contributed by atoms with Crippen molar-refractivity contribution in [3.8, 4) is 0 Å². The number of aliphatic hydroxyl groups is 1. The molecule has 1 atom stereocenters. The van der Waals surface area contributed by atoms with Gasteiger partial charge in [0.1, 0.15) is 0 Å². The van der Waals surface area contributed by atoms with Crippen molar-refractivity contribution < 1.29 is 5.11 Å². The van der Waals surface area contributed by atoms with Gasteiger partial charge in [-0.2, -0.15) is 0 Å². The van der Waals surface area contributed by atoms with E-state index in [1.165, 1.54) is 10.6 Å². The molecule has 0 fully saturated rings. The number of aromatic nitrogens is 1. The van der Waals surface area contributed by atoms with Gasteiger partial charge in [-0.3, -0.25) is 4.79 Å². The number of hydrogen-bond acceptors (Lipinski definition) is 3. The molecule has 0 saturated carbocycles. The van der Waals surface area contributed by atoms with E-state index in [9.17, 15) is 4.79 Å². The zero-order chi connectivity index (χ0) is 9.84. The molecule has 1 aromatic heterocycles. The summed E-state index contributed by atoms with van der Waals surface area (Å²) in [6.07, 6.45) is 1.75. The van der Waals surface area contributed by atoms with E-state index in [1.54, 1.807) is 19.2 Å². The van der Waals surface area contributed by atoms with E-state index in [0.29, 0.717) is 18.7 Å². The van der Waals surface area contributed by atoms with E-state index in [2.05, 4.69) is 0 Å². The van der Waals surface area contributed by atoms with E-state index in [-0.39, 0.29) is 5.56 Å². The van der Waals surface area contributed by atoms with Crippen LogP contribution >= 0.6 is 0 Å². The normalized spacial score (nSPS) is 12.8. The van der Waals surface area contributed by atoms with Gasteiger partial charge in [-0.1, -0.05) is 0 Å². The maximum atomic E-state index is 11.2. The summed E-state index contributed by atoms with van der Waals surface area (Å²) >= 11 is 0. The predicted octanol–water partition coefficient (Wildman–Crippen LogP) is 0.201. The van der Waals surface area contributed by atoms with Crippen LogP contribution in [0.4, 0.5) is 5.69 Å². The Hall–Kier alpha value is -1.29. The molecule has 0 aliphatic carbocycles. The number of hydrogen-bond donors (Lipinski definition) is 2. The van der Waals surface area contributed by atoms with Crippen LogP contribution in [-0.4, -0.2) is 15.8 Å². The molecule has 0 saturated heterocycles. The highest BCUT2D eigenvalue weighted by atomic mass is 16.3. The van der Waals surface area contributed by atoms with Crippen LogP contribution in [-0.2, 0) is 6.54 Å². The van der Waals surface area contributed by atoms with Gasteiger partial charge in [-0.15, -0.1) is 0 Å². The first-order chi connectivity index (χ1) is 6.09. The molecule has 72 valence electrons. The lowest BCUT2D eigenvalue weighted by Gasteiger charge is -2.07. The van der Waals surface area contributed by atoms with Gasteiger partial charge in [-0.05, 0) is 19.4 Å². The lowest BCUT2D eigenvalue weighted by molar-refractivity contribution is 0.177. The third-order valence-corrected chi connectivity index (χ3v) is 1.79. The van der Waals surface area contributed by atoms with Gasteiger partial charge in [0.15, 0.2) is 0 Å². The van der Waals surface area contributed by atoms with Gasteiger partial charge in [0.25, 0.3) is 5.56 Å². The number of aliphatic hydroxyl groups excluding tert-OH is 1. The first-order valence-electron chi connectivity index (χ1n) is 4.23. The zero-order valence-corrected chi connectivity index (χ0v) is 7.60. The average molecular weight is 182 g/mol. The van der Waals surface area contributed by atoms with Crippen molar-refractivity contribution in [3.63, 3.8) is 0 Å². The largest absolute Gasteiger partial charge is 0.398 e. The quantitative estimate of drug-likeness (QED) is 0.701. The number of rotatable bonds is 3. The zero-order valence-electron chi connectivity index (χ0n) is 7.60. The van der Waals surface area contributed by atoms with Crippen LogP contribution in [0, 0.1) is 0 Å². The molecule has 3 N–H and O–H groups in total. The van der Waals surface area contributed by atoms with Crippen molar-refractivity contribution in [1.82, 2.24) is 4.57 Å². The molecule has 0 amide bonds. The Morgan fingerprint density at radius 3 is 2.92 bits per heavy atom. The Balaban J connectivity index is 2.76. The minimum atomic E-state index is -0.395. The summed E-state index contributed by atoms with van der Waals surface area (Å²) in [7, 11) is 0. The minimum Gasteiger partial charge on any atom is -0.398 e. The molecule has 1 aromatic rings. The maximum Gasteiger partial charge on any atom is 0.250 e. The lowest BCUT2D eigenvalue weighted by Crippen LogP contribution is -2.20. The molecular weight excluding hydrogens is 168 g/mol. The summed E-state index contributed by atoms with van der Waals surface area (Å²) in [6.45, 7) is 2.19. The van der Waals surface area contributed by atoms with Crippen molar-refractivity contribution in [2.45, 2.75) is 26.0 Å². The van der Waals surface area contributed by atoms with E-state index in [1.807, 2.05) is 0 Å². The van der Waals surface area contributed by atoms with E-state index >= 15 is 0 Å². The highest BCUT2D eigenvalue weighted by Crippen LogP contribution is 1.98. The molecular formula is C9H14N2O2. The van der Waals surface area contributed by atoms with Gasteiger partial charge in [0.2, 0.25) is 0 Å². The number of nitrogens with zero attached hydrogens (tertiary/aromatic N) is 1. The summed E-state index contributed by atoms with van der Waals surface area (Å²) in [5.74, 6) is 0. The minimum absolute atomic E-state index is 0.0881. The third-order valence-electron chi connectivity index (χ3n) is 1.79. The van der Waals surface area contributed by atoms with Gasteiger partial charge in [-0.25, -0.2) is 0 Å². The van der Waals surface area contributed by atoms with Crippen molar-refractivity contribution >= 4 is 5.69 Å². The summed E-state index contributed by atoms with van der Waals surface area (Å²) in [4.78, 5) is 11.2. The van der Waals surface area contributed by atoms with Crippen molar-refractivity contribution in [2.75, 3.05) is 5.73 Å². The SMILES string of the molecule is CC(O)CCn1cc(N)ccc1=O. The first kappa shape index (κ1) is 9.80. The Morgan fingerprint density at radius 2 is 2.31 bits per heavy atom. The first-order valence-corrected chi connectivity index (χ1v) is 4.23. The molecule has 13 heavy (non-hydrogen) atoms.